The van der Waals surface area contributed by atoms with Crippen LogP contribution >= 0.6 is 27.5 Å². The molecule has 0 amide bonds. The molecule has 0 atom stereocenters. The summed E-state index contributed by atoms with van der Waals surface area (Å²) in [6.45, 7) is 0.880. The second-order valence-corrected chi connectivity index (χ2v) is 3.82. The van der Waals surface area contributed by atoms with Gasteiger partial charge in [-0.1, -0.05) is 34.1 Å². The Morgan fingerprint density at radius 1 is 1.42 bits per heavy atom. The van der Waals surface area contributed by atoms with Crippen molar-refractivity contribution in [3.05, 3.63) is 34.3 Å². The third-order valence-electron chi connectivity index (χ3n) is 1.60. The summed E-state index contributed by atoms with van der Waals surface area (Å²) >= 11 is 9.15. The highest BCUT2D eigenvalue weighted by Crippen LogP contribution is 2.17. The molecular weight excluding hydrogens is 237 g/mol. The summed E-state index contributed by atoms with van der Waals surface area (Å²) in [7, 11) is 1.99. The van der Waals surface area contributed by atoms with Crippen molar-refractivity contribution in [2.75, 3.05) is 13.1 Å². The SMILES string of the molecule is CN(CCl)Cc1ccccc1Br. The molecule has 1 rings (SSSR count). The lowest BCUT2D eigenvalue weighted by molar-refractivity contribution is 0.382. The van der Waals surface area contributed by atoms with Gasteiger partial charge in [-0.25, -0.2) is 0 Å². The maximum atomic E-state index is 5.66. The van der Waals surface area contributed by atoms with Crippen LogP contribution in [-0.4, -0.2) is 18.0 Å². The zero-order valence-electron chi connectivity index (χ0n) is 6.93. The average molecular weight is 249 g/mol. The van der Waals surface area contributed by atoms with Crippen LogP contribution in [0.2, 0.25) is 0 Å². The normalized spacial score (nSPS) is 10.7. The van der Waals surface area contributed by atoms with Crippen LogP contribution in [0.25, 0.3) is 0 Å². The van der Waals surface area contributed by atoms with E-state index in [0.717, 1.165) is 11.0 Å². The molecule has 0 saturated carbocycles. The van der Waals surface area contributed by atoms with Crippen LogP contribution < -0.4 is 0 Å². The first-order valence-corrected chi connectivity index (χ1v) is 5.04. The van der Waals surface area contributed by atoms with Crippen LogP contribution in [-0.2, 0) is 6.54 Å². The van der Waals surface area contributed by atoms with Crippen LogP contribution in [0.3, 0.4) is 0 Å². The fraction of sp³-hybridized carbons (Fsp3) is 0.333. The molecule has 1 nitrogen and oxygen atoms in total. The quantitative estimate of drug-likeness (QED) is 0.587. The molecule has 0 radical (unpaired) electrons. The topological polar surface area (TPSA) is 3.24 Å². The average Bonchev–Trinajstić information content (AvgIpc) is 2.09. The van der Waals surface area contributed by atoms with Crippen LogP contribution in [0.4, 0.5) is 0 Å². The minimum atomic E-state index is 0.557. The van der Waals surface area contributed by atoms with Gasteiger partial charge < -0.3 is 0 Å². The Balaban J connectivity index is 2.69. The van der Waals surface area contributed by atoms with E-state index in [1.165, 1.54) is 5.56 Å². The first-order chi connectivity index (χ1) is 5.74. The first-order valence-electron chi connectivity index (χ1n) is 3.72. The molecule has 1 aromatic rings. The largest absolute Gasteiger partial charge is 0.289 e. The van der Waals surface area contributed by atoms with Gasteiger partial charge >= 0.3 is 0 Å². The standard InChI is InChI=1S/C9H11BrClN/c1-12(7-11)6-8-4-2-3-5-9(8)10/h2-5H,6-7H2,1H3. The van der Waals surface area contributed by atoms with Crippen LogP contribution in [0.15, 0.2) is 28.7 Å². The Bertz CT molecular complexity index is 252. The molecule has 1 aromatic carbocycles. The van der Waals surface area contributed by atoms with Crippen molar-refractivity contribution in [3.8, 4) is 0 Å². The molecule has 66 valence electrons. The second-order valence-electron chi connectivity index (χ2n) is 2.73. The lowest BCUT2D eigenvalue weighted by atomic mass is 10.2. The monoisotopic (exact) mass is 247 g/mol. The number of alkyl halides is 1. The summed E-state index contributed by atoms with van der Waals surface area (Å²) in [5, 5.41) is 0. The van der Waals surface area contributed by atoms with Crippen molar-refractivity contribution in [1.29, 1.82) is 0 Å². The Morgan fingerprint density at radius 2 is 2.08 bits per heavy atom. The molecular formula is C9H11BrClN. The highest BCUT2D eigenvalue weighted by Gasteiger charge is 2.00. The van der Waals surface area contributed by atoms with Gasteiger partial charge in [-0.05, 0) is 18.7 Å². The predicted molar refractivity (Wildman–Crippen MR) is 56.3 cm³/mol. The Labute approximate surface area is 86.5 Å². The summed E-state index contributed by atoms with van der Waals surface area (Å²) in [5.41, 5.74) is 1.26. The van der Waals surface area contributed by atoms with E-state index in [2.05, 4.69) is 22.0 Å². The van der Waals surface area contributed by atoms with E-state index in [1.807, 2.05) is 30.1 Å². The van der Waals surface area contributed by atoms with E-state index in [-0.39, 0.29) is 0 Å². The molecule has 0 aliphatic rings. The Kier molecular flexibility index (Phi) is 4.06. The highest BCUT2D eigenvalue weighted by atomic mass is 79.9. The lowest BCUT2D eigenvalue weighted by Gasteiger charge is -2.13. The molecule has 0 bridgehead atoms. The van der Waals surface area contributed by atoms with Gasteiger partial charge in [0.15, 0.2) is 0 Å². The predicted octanol–water partition coefficient (Wildman–Crippen LogP) is 3.08. The number of nitrogens with zero attached hydrogens (tertiary/aromatic N) is 1. The van der Waals surface area contributed by atoms with Crippen molar-refractivity contribution in [3.63, 3.8) is 0 Å². The maximum absolute atomic E-state index is 5.66. The van der Waals surface area contributed by atoms with E-state index in [9.17, 15) is 0 Å². The van der Waals surface area contributed by atoms with Gasteiger partial charge in [-0.2, -0.15) is 0 Å². The summed E-state index contributed by atoms with van der Waals surface area (Å²) < 4.78 is 1.14. The lowest BCUT2D eigenvalue weighted by Crippen LogP contribution is -2.15. The molecule has 0 spiro atoms. The molecule has 0 saturated heterocycles. The van der Waals surface area contributed by atoms with Crippen molar-refractivity contribution < 1.29 is 0 Å². The molecule has 0 heterocycles. The van der Waals surface area contributed by atoms with Gasteiger partial charge in [0.1, 0.15) is 0 Å². The molecule has 0 unspecified atom stereocenters. The van der Waals surface area contributed by atoms with E-state index < -0.39 is 0 Å². The summed E-state index contributed by atoms with van der Waals surface area (Å²) in [5.74, 6) is 0. The number of hydrogen-bond acceptors (Lipinski definition) is 1. The molecule has 12 heavy (non-hydrogen) atoms. The third kappa shape index (κ3) is 2.77. The summed E-state index contributed by atoms with van der Waals surface area (Å²) in [4.78, 5) is 2.04. The van der Waals surface area contributed by atoms with Crippen LogP contribution in [0.1, 0.15) is 5.56 Å². The zero-order valence-corrected chi connectivity index (χ0v) is 9.27. The number of halogens is 2. The molecule has 0 N–H and O–H groups in total. The third-order valence-corrected chi connectivity index (χ3v) is 2.78. The minimum Gasteiger partial charge on any atom is -0.289 e. The number of rotatable bonds is 3. The van der Waals surface area contributed by atoms with Gasteiger partial charge in [0.2, 0.25) is 0 Å². The maximum Gasteiger partial charge on any atom is 0.0738 e. The fourth-order valence-electron chi connectivity index (χ4n) is 0.960. The Hall–Kier alpha value is -0.0500. The van der Waals surface area contributed by atoms with E-state index >= 15 is 0 Å². The first kappa shape index (κ1) is 10.0. The van der Waals surface area contributed by atoms with Crippen molar-refractivity contribution in [2.45, 2.75) is 6.54 Å². The van der Waals surface area contributed by atoms with Crippen LogP contribution in [0, 0.1) is 0 Å². The number of hydrogen-bond donors (Lipinski definition) is 0. The second kappa shape index (κ2) is 4.85. The van der Waals surface area contributed by atoms with Crippen molar-refractivity contribution in [1.82, 2.24) is 4.90 Å². The van der Waals surface area contributed by atoms with Gasteiger partial charge in [0, 0.05) is 11.0 Å². The zero-order chi connectivity index (χ0) is 8.97. The van der Waals surface area contributed by atoms with Gasteiger partial charge in [-0.3, -0.25) is 4.90 Å². The molecule has 0 fully saturated rings. The highest BCUT2D eigenvalue weighted by molar-refractivity contribution is 9.10. The molecule has 3 heteroatoms. The van der Waals surface area contributed by atoms with Crippen molar-refractivity contribution >= 4 is 27.5 Å². The minimum absolute atomic E-state index is 0.557. The van der Waals surface area contributed by atoms with Gasteiger partial charge in [0.05, 0.1) is 6.00 Å². The van der Waals surface area contributed by atoms with Crippen molar-refractivity contribution in [2.24, 2.45) is 0 Å². The van der Waals surface area contributed by atoms with E-state index in [0.29, 0.717) is 6.00 Å². The fourth-order valence-corrected chi connectivity index (χ4v) is 1.45. The van der Waals surface area contributed by atoms with E-state index in [1.54, 1.807) is 0 Å². The van der Waals surface area contributed by atoms with Crippen LogP contribution in [0.5, 0.6) is 0 Å². The van der Waals surface area contributed by atoms with Gasteiger partial charge in [0.25, 0.3) is 0 Å². The molecule has 0 aromatic heterocycles. The van der Waals surface area contributed by atoms with Gasteiger partial charge in [-0.15, -0.1) is 11.6 Å². The molecule has 0 aliphatic heterocycles. The smallest absolute Gasteiger partial charge is 0.0738 e. The number of benzene rings is 1. The summed E-state index contributed by atoms with van der Waals surface area (Å²) in [6.07, 6.45) is 0. The Morgan fingerprint density at radius 3 is 2.67 bits per heavy atom. The summed E-state index contributed by atoms with van der Waals surface area (Å²) in [6, 6.07) is 8.72. The van der Waals surface area contributed by atoms with E-state index in [4.69, 9.17) is 11.6 Å². The molecule has 0 aliphatic carbocycles.